The Hall–Kier alpha value is -1.86. The number of hydrogen-bond donors (Lipinski definition) is 2. The Morgan fingerprint density at radius 2 is 2.04 bits per heavy atom. The predicted molar refractivity (Wildman–Crippen MR) is 110 cm³/mol. The number of nitrogens with zero attached hydrogens (tertiary/aromatic N) is 2. The third-order valence-corrected chi connectivity index (χ3v) is 5.93. The highest BCUT2D eigenvalue weighted by Gasteiger charge is 2.19. The summed E-state index contributed by atoms with van der Waals surface area (Å²) in [6, 6.07) is 7.18. The van der Waals surface area contributed by atoms with Crippen molar-refractivity contribution in [2.45, 2.75) is 26.3 Å². The van der Waals surface area contributed by atoms with Crippen LogP contribution in [0.3, 0.4) is 0 Å². The van der Waals surface area contributed by atoms with E-state index in [9.17, 15) is 9.90 Å². The Balaban J connectivity index is 1.96. The van der Waals surface area contributed by atoms with E-state index in [1.807, 2.05) is 22.9 Å². The van der Waals surface area contributed by atoms with E-state index < -0.39 is 5.91 Å². The average Bonchev–Trinajstić information content (AvgIpc) is 3.21. The second-order valence-electron chi connectivity index (χ2n) is 6.13. The van der Waals surface area contributed by atoms with Gasteiger partial charge in [0, 0.05) is 40.7 Å². The lowest BCUT2D eigenvalue weighted by Gasteiger charge is -2.09. The number of thiazole rings is 1. The van der Waals surface area contributed by atoms with Gasteiger partial charge in [0.15, 0.2) is 0 Å². The van der Waals surface area contributed by atoms with Crippen LogP contribution in [0.15, 0.2) is 29.6 Å². The first kappa shape index (κ1) is 19.9. The van der Waals surface area contributed by atoms with Gasteiger partial charge in [-0.05, 0) is 37.1 Å². The molecular formula is C19H19Cl2N3O2S. The smallest absolute Gasteiger partial charge is 0.250 e. The van der Waals surface area contributed by atoms with Crippen LogP contribution in [0.4, 0.5) is 0 Å². The van der Waals surface area contributed by atoms with Crippen molar-refractivity contribution in [3.05, 3.63) is 61.5 Å². The summed E-state index contributed by atoms with van der Waals surface area (Å²) in [6.45, 7) is 2.49. The van der Waals surface area contributed by atoms with Crippen molar-refractivity contribution in [1.82, 2.24) is 9.55 Å². The number of amides is 1. The zero-order valence-corrected chi connectivity index (χ0v) is 17.0. The second kappa shape index (κ2) is 8.44. The summed E-state index contributed by atoms with van der Waals surface area (Å²) in [7, 11) is 0. The highest BCUT2D eigenvalue weighted by Crippen LogP contribution is 2.31. The fraction of sp³-hybridized carbons (Fsp3) is 0.263. The van der Waals surface area contributed by atoms with Crippen LogP contribution in [-0.4, -0.2) is 27.2 Å². The summed E-state index contributed by atoms with van der Waals surface area (Å²) in [5, 5.41) is 13.2. The van der Waals surface area contributed by atoms with Gasteiger partial charge in [0.2, 0.25) is 0 Å². The first-order chi connectivity index (χ1) is 12.9. The lowest BCUT2D eigenvalue weighted by atomic mass is 10.1. The molecule has 2 aromatic heterocycles. The van der Waals surface area contributed by atoms with Crippen molar-refractivity contribution in [2.24, 2.45) is 5.73 Å². The van der Waals surface area contributed by atoms with Crippen molar-refractivity contribution in [2.75, 3.05) is 6.61 Å². The molecule has 0 saturated heterocycles. The van der Waals surface area contributed by atoms with E-state index in [0.29, 0.717) is 35.0 Å². The third kappa shape index (κ3) is 4.19. The Morgan fingerprint density at radius 1 is 1.33 bits per heavy atom. The molecule has 3 rings (SSSR count). The first-order valence-electron chi connectivity index (χ1n) is 8.40. The summed E-state index contributed by atoms with van der Waals surface area (Å²) in [5.41, 5.74) is 9.14. The lowest BCUT2D eigenvalue weighted by Crippen LogP contribution is -2.12. The van der Waals surface area contributed by atoms with E-state index in [1.165, 1.54) is 11.3 Å². The standard InChI is InChI=1S/C19H19Cl2N3O2S/c1-11-12(19(22)26)8-17(24(11)6-3-7-25)16-10-27-18(23-16)9-13-14(20)4-2-5-15(13)21/h2,4-5,8,10,25H,3,6-7,9H2,1H3,(H2,22,26). The van der Waals surface area contributed by atoms with Crippen LogP contribution in [0.5, 0.6) is 0 Å². The minimum Gasteiger partial charge on any atom is -0.396 e. The molecule has 0 spiro atoms. The number of aromatic nitrogens is 2. The Labute approximate surface area is 171 Å². The number of aliphatic hydroxyl groups is 1. The molecule has 1 aromatic carbocycles. The van der Waals surface area contributed by atoms with Gasteiger partial charge < -0.3 is 15.4 Å². The van der Waals surface area contributed by atoms with Crippen LogP contribution < -0.4 is 5.73 Å². The number of carbonyl (C=O) groups is 1. The van der Waals surface area contributed by atoms with Crippen molar-refractivity contribution < 1.29 is 9.90 Å². The lowest BCUT2D eigenvalue weighted by molar-refractivity contribution is 0.0999. The largest absolute Gasteiger partial charge is 0.396 e. The normalized spacial score (nSPS) is 11.1. The first-order valence-corrected chi connectivity index (χ1v) is 10.0. The van der Waals surface area contributed by atoms with Crippen LogP contribution in [0, 0.1) is 6.92 Å². The van der Waals surface area contributed by atoms with Crippen LogP contribution in [0.2, 0.25) is 10.0 Å². The van der Waals surface area contributed by atoms with Gasteiger partial charge in [-0.2, -0.15) is 0 Å². The zero-order valence-electron chi connectivity index (χ0n) is 14.7. The van der Waals surface area contributed by atoms with Crippen LogP contribution in [-0.2, 0) is 13.0 Å². The molecular weight excluding hydrogens is 405 g/mol. The third-order valence-electron chi connectivity index (χ3n) is 4.38. The van der Waals surface area contributed by atoms with Crippen molar-refractivity contribution >= 4 is 40.4 Å². The maximum Gasteiger partial charge on any atom is 0.250 e. The van der Waals surface area contributed by atoms with E-state index in [4.69, 9.17) is 33.9 Å². The number of carbonyl (C=O) groups excluding carboxylic acids is 1. The van der Waals surface area contributed by atoms with E-state index in [0.717, 1.165) is 27.7 Å². The SMILES string of the molecule is Cc1c(C(N)=O)cc(-c2csc(Cc3c(Cl)cccc3Cl)n2)n1CCCO. The van der Waals surface area contributed by atoms with Gasteiger partial charge in [0.05, 0.1) is 22.0 Å². The van der Waals surface area contributed by atoms with Gasteiger partial charge >= 0.3 is 0 Å². The number of benzene rings is 1. The minimum absolute atomic E-state index is 0.0658. The number of primary amides is 1. The maximum atomic E-state index is 11.7. The number of hydrogen-bond acceptors (Lipinski definition) is 4. The average molecular weight is 424 g/mol. The van der Waals surface area contributed by atoms with Crippen molar-refractivity contribution in [3.63, 3.8) is 0 Å². The van der Waals surface area contributed by atoms with Crippen molar-refractivity contribution in [1.29, 1.82) is 0 Å². The van der Waals surface area contributed by atoms with E-state index in [2.05, 4.69) is 0 Å². The molecule has 0 saturated carbocycles. The second-order valence-corrected chi connectivity index (χ2v) is 7.88. The fourth-order valence-electron chi connectivity index (χ4n) is 2.99. The molecule has 5 nitrogen and oxygen atoms in total. The molecule has 0 unspecified atom stereocenters. The van der Waals surface area contributed by atoms with Gasteiger partial charge in [-0.1, -0.05) is 29.3 Å². The molecule has 0 fully saturated rings. The van der Waals surface area contributed by atoms with Gasteiger partial charge in [-0.3, -0.25) is 4.79 Å². The molecule has 0 aliphatic carbocycles. The molecule has 2 heterocycles. The highest BCUT2D eigenvalue weighted by molar-refractivity contribution is 7.10. The van der Waals surface area contributed by atoms with Gasteiger partial charge in [-0.25, -0.2) is 4.98 Å². The molecule has 0 bridgehead atoms. The van der Waals surface area contributed by atoms with E-state index >= 15 is 0 Å². The summed E-state index contributed by atoms with van der Waals surface area (Å²) in [4.78, 5) is 16.4. The monoisotopic (exact) mass is 423 g/mol. The molecule has 0 atom stereocenters. The van der Waals surface area contributed by atoms with E-state index in [1.54, 1.807) is 18.2 Å². The number of nitrogens with two attached hydrogens (primary N) is 1. The number of aliphatic hydroxyl groups excluding tert-OH is 1. The Morgan fingerprint density at radius 3 is 2.67 bits per heavy atom. The molecule has 0 radical (unpaired) electrons. The van der Waals surface area contributed by atoms with Crippen LogP contribution in [0.1, 0.15) is 33.0 Å². The zero-order chi connectivity index (χ0) is 19.6. The Kier molecular flexibility index (Phi) is 6.22. The van der Waals surface area contributed by atoms with Gasteiger partial charge in [-0.15, -0.1) is 11.3 Å². The molecule has 0 aliphatic rings. The predicted octanol–water partition coefficient (Wildman–Crippen LogP) is 4.30. The molecule has 3 aromatic rings. The number of rotatable bonds is 7. The maximum absolute atomic E-state index is 11.7. The molecule has 142 valence electrons. The molecule has 27 heavy (non-hydrogen) atoms. The summed E-state index contributed by atoms with van der Waals surface area (Å²) in [6.07, 6.45) is 1.11. The van der Waals surface area contributed by atoms with Crippen LogP contribution in [0.25, 0.3) is 11.4 Å². The minimum atomic E-state index is -0.477. The fourth-order valence-corrected chi connectivity index (χ4v) is 4.32. The van der Waals surface area contributed by atoms with E-state index in [-0.39, 0.29) is 6.61 Å². The topological polar surface area (TPSA) is 81.1 Å². The van der Waals surface area contributed by atoms with Gasteiger partial charge in [0.1, 0.15) is 0 Å². The molecule has 8 heteroatoms. The number of halogens is 2. The quantitative estimate of drug-likeness (QED) is 0.594. The summed E-state index contributed by atoms with van der Waals surface area (Å²) in [5.74, 6) is -0.477. The Bertz CT molecular complexity index is 961. The molecule has 0 aliphatic heterocycles. The van der Waals surface area contributed by atoms with Crippen LogP contribution >= 0.6 is 34.5 Å². The molecule has 3 N–H and O–H groups in total. The van der Waals surface area contributed by atoms with Gasteiger partial charge in [0.25, 0.3) is 5.91 Å². The van der Waals surface area contributed by atoms with Crippen molar-refractivity contribution in [3.8, 4) is 11.4 Å². The highest BCUT2D eigenvalue weighted by atomic mass is 35.5. The molecule has 1 amide bonds. The summed E-state index contributed by atoms with van der Waals surface area (Å²) < 4.78 is 1.97. The summed E-state index contributed by atoms with van der Waals surface area (Å²) >= 11 is 14.0.